The molecule has 0 spiro atoms. The van der Waals surface area contributed by atoms with Gasteiger partial charge in [0.1, 0.15) is 5.60 Å². The second-order valence-corrected chi connectivity index (χ2v) is 9.33. The number of nitrogens with zero attached hydrogens (tertiary/aromatic N) is 1. The van der Waals surface area contributed by atoms with Gasteiger partial charge in [-0.15, -0.1) is 0 Å². The summed E-state index contributed by atoms with van der Waals surface area (Å²) in [5.74, 6) is 0.0281. The van der Waals surface area contributed by atoms with Crippen molar-refractivity contribution in [3.8, 4) is 0 Å². The van der Waals surface area contributed by atoms with Crippen LogP contribution in [0.25, 0.3) is 0 Å². The van der Waals surface area contributed by atoms with E-state index in [0.29, 0.717) is 19.0 Å². The van der Waals surface area contributed by atoms with Gasteiger partial charge in [0.05, 0.1) is 11.0 Å². The van der Waals surface area contributed by atoms with E-state index in [1.165, 1.54) is 17.7 Å². The maximum absolute atomic E-state index is 12.1. The minimum absolute atomic E-state index is 0.0281. The fraction of sp³-hybridized carbons (Fsp3) is 0.929. The maximum Gasteiger partial charge on any atom is 0.410 e. The Kier molecular flexibility index (Phi) is 4.82. The quantitative estimate of drug-likeness (QED) is 0.842. The first-order valence-corrected chi connectivity index (χ1v) is 9.32. The largest absolute Gasteiger partial charge is 0.444 e. The van der Waals surface area contributed by atoms with E-state index in [1.807, 2.05) is 20.8 Å². The molecule has 0 bridgehead atoms. The number of sulfone groups is 1. The minimum atomic E-state index is -3.10. The molecule has 2 aliphatic rings. The van der Waals surface area contributed by atoms with Gasteiger partial charge in [-0.2, -0.15) is 0 Å². The van der Waals surface area contributed by atoms with Gasteiger partial charge in [-0.05, 0) is 46.6 Å². The Morgan fingerprint density at radius 2 is 2.00 bits per heavy atom. The molecule has 2 rings (SSSR count). The van der Waals surface area contributed by atoms with Gasteiger partial charge >= 0.3 is 6.09 Å². The number of hydrogen-bond acceptors (Lipinski definition) is 5. The van der Waals surface area contributed by atoms with Crippen LogP contribution >= 0.6 is 0 Å². The van der Waals surface area contributed by atoms with E-state index in [1.54, 1.807) is 0 Å². The molecule has 1 saturated heterocycles. The highest BCUT2D eigenvalue weighted by Gasteiger charge is 2.36. The monoisotopic (exact) mass is 318 g/mol. The summed E-state index contributed by atoms with van der Waals surface area (Å²) in [5, 5.41) is 2.84. The second kappa shape index (κ2) is 6.12. The number of hydrogen-bond donors (Lipinski definition) is 1. The summed E-state index contributed by atoms with van der Waals surface area (Å²) in [7, 11) is -3.10. The number of rotatable bonds is 4. The second-order valence-electron chi connectivity index (χ2n) is 6.93. The van der Waals surface area contributed by atoms with Gasteiger partial charge < -0.3 is 15.0 Å². The zero-order valence-electron chi connectivity index (χ0n) is 13.1. The molecule has 7 heteroatoms. The molecule has 1 aliphatic heterocycles. The van der Waals surface area contributed by atoms with Crippen LogP contribution in [0, 0.1) is 0 Å². The Balaban J connectivity index is 1.89. The van der Waals surface area contributed by atoms with E-state index < -0.39 is 26.8 Å². The van der Waals surface area contributed by atoms with Crippen molar-refractivity contribution in [1.82, 2.24) is 10.2 Å². The predicted molar refractivity (Wildman–Crippen MR) is 81.0 cm³/mol. The van der Waals surface area contributed by atoms with E-state index >= 15 is 0 Å². The number of nitrogens with one attached hydrogen (secondary N) is 1. The highest BCUT2D eigenvalue weighted by Crippen LogP contribution is 2.21. The average Bonchev–Trinajstić information content (AvgIpc) is 3.12. The Morgan fingerprint density at radius 1 is 1.33 bits per heavy atom. The summed E-state index contributed by atoms with van der Waals surface area (Å²) in [6.45, 7) is 6.58. The van der Waals surface area contributed by atoms with E-state index in [9.17, 15) is 13.2 Å². The molecule has 0 aromatic heterocycles. The summed E-state index contributed by atoms with van der Waals surface area (Å²) in [4.78, 5) is 13.6. The van der Waals surface area contributed by atoms with Crippen LogP contribution in [0.5, 0.6) is 0 Å². The lowest BCUT2D eigenvalue weighted by molar-refractivity contribution is 0.0252. The van der Waals surface area contributed by atoms with Crippen LogP contribution in [0.15, 0.2) is 0 Å². The topological polar surface area (TPSA) is 75.7 Å². The molecule has 0 radical (unpaired) electrons. The molecule has 1 unspecified atom stereocenters. The summed E-state index contributed by atoms with van der Waals surface area (Å²) in [6, 6.07) is 0.568. The molecule has 122 valence electrons. The van der Waals surface area contributed by atoms with Crippen LogP contribution in [0.2, 0.25) is 0 Å². The van der Waals surface area contributed by atoms with Crippen molar-refractivity contribution in [1.29, 1.82) is 0 Å². The fourth-order valence-corrected chi connectivity index (χ4v) is 4.05. The van der Waals surface area contributed by atoms with E-state index in [-0.39, 0.29) is 18.8 Å². The van der Waals surface area contributed by atoms with Crippen molar-refractivity contribution in [3.05, 3.63) is 0 Å². The normalized spacial score (nSPS) is 25.7. The lowest BCUT2D eigenvalue weighted by atomic mass is 10.2. The van der Waals surface area contributed by atoms with Crippen molar-refractivity contribution in [3.63, 3.8) is 0 Å². The first-order valence-electron chi connectivity index (χ1n) is 7.60. The Hall–Kier alpha value is -0.820. The molecule has 6 nitrogen and oxygen atoms in total. The Labute approximate surface area is 127 Å². The van der Waals surface area contributed by atoms with Crippen LogP contribution in [0.4, 0.5) is 4.79 Å². The lowest BCUT2D eigenvalue weighted by Gasteiger charge is -2.34. The van der Waals surface area contributed by atoms with Crippen molar-refractivity contribution in [2.24, 2.45) is 0 Å². The molecule has 1 saturated carbocycles. The predicted octanol–water partition coefficient (Wildman–Crippen LogP) is 1.16. The Bertz CT molecular complexity index is 480. The molecule has 1 heterocycles. The van der Waals surface area contributed by atoms with E-state index in [0.717, 1.165) is 0 Å². The van der Waals surface area contributed by atoms with E-state index in [2.05, 4.69) is 5.32 Å². The van der Waals surface area contributed by atoms with Crippen LogP contribution in [-0.2, 0) is 14.6 Å². The van der Waals surface area contributed by atoms with Gasteiger partial charge in [-0.25, -0.2) is 13.2 Å². The minimum Gasteiger partial charge on any atom is -0.444 e. The molecule has 2 fully saturated rings. The van der Waals surface area contributed by atoms with Crippen molar-refractivity contribution in [2.75, 3.05) is 25.4 Å². The van der Waals surface area contributed by atoms with Crippen LogP contribution in [0.1, 0.15) is 40.0 Å². The molecule has 0 aromatic rings. The summed E-state index contributed by atoms with van der Waals surface area (Å²) < 4.78 is 29.6. The highest BCUT2D eigenvalue weighted by atomic mass is 32.2. The van der Waals surface area contributed by atoms with Gasteiger partial charge in [0.15, 0.2) is 9.84 Å². The van der Waals surface area contributed by atoms with Crippen LogP contribution in [-0.4, -0.2) is 61.7 Å². The SMILES string of the molecule is CC(C)(C)OC(=O)N1CCS(=O)(=O)C(CCNC2CC2)C1. The summed E-state index contributed by atoms with van der Waals surface area (Å²) >= 11 is 0. The lowest BCUT2D eigenvalue weighted by Crippen LogP contribution is -2.51. The van der Waals surface area contributed by atoms with Crippen LogP contribution in [0.3, 0.4) is 0 Å². The van der Waals surface area contributed by atoms with Gasteiger partial charge in [0.25, 0.3) is 0 Å². The van der Waals surface area contributed by atoms with Crippen molar-refractivity contribution in [2.45, 2.75) is 56.9 Å². The first kappa shape index (κ1) is 16.5. The third kappa shape index (κ3) is 5.14. The van der Waals surface area contributed by atoms with Crippen molar-refractivity contribution >= 4 is 15.9 Å². The fourth-order valence-electron chi connectivity index (χ4n) is 2.35. The standard InChI is InChI=1S/C14H26N2O4S/c1-14(2,3)20-13(17)16-8-9-21(18,19)12(10-16)6-7-15-11-4-5-11/h11-12,15H,4-10H2,1-3H3. The summed E-state index contributed by atoms with van der Waals surface area (Å²) in [6.07, 6.45) is 2.50. The Morgan fingerprint density at radius 3 is 2.57 bits per heavy atom. The molecule has 1 atom stereocenters. The van der Waals surface area contributed by atoms with Gasteiger partial charge in [0, 0.05) is 19.1 Å². The highest BCUT2D eigenvalue weighted by molar-refractivity contribution is 7.92. The zero-order valence-corrected chi connectivity index (χ0v) is 13.9. The molecular formula is C14H26N2O4S. The number of carbonyl (C=O) groups excluding carboxylic acids is 1. The molecule has 1 aliphatic carbocycles. The molecular weight excluding hydrogens is 292 g/mol. The smallest absolute Gasteiger partial charge is 0.410 e. The van der Waals surface area contributed by atoms with Crippen molar-refractivity contribution < 1.29 is 17.9 Å². The summed E-state index contributed by atoms with van der Waals surface area (Å²) in [5.41, 5.74) is -0.559. The average molecular weight is 318 g/mol. The molecule has 0 aromatic carbocycles. The number of carbonyl (C=O) groups is 1. The van der Waals surface area contributed by atoms with Gasteiger partial charge in [0.2, 0.25) is 0 Å². The zero-order chi connectivity index (χ0) is 15.7. The molecule has 1 N–H and O–H groups in total. The first-order chi connectivity index (χ1) is 9.67. The van der Waals surface area contributed by atoms with Gasteiger partial charge in [-0.1, -0.05) is 0 Å². The van der Waals surface area contributed by atoms with Gasteiger partial charge in [-0.3, -0.25) is 0 Å². The number of amides is 1. The van der Waals surface area contributed by atoms with E-state index in [4.69, 9.17) is 4.74 Å². The number of ether oxygens (including phenoxy) is 1. The van der Waals surface area contributed by atoms with Crippen LogP contribution < -0.4 is 5.32 Å². The molecule has 21 heavy (non-hydrogen) atoms. The third-order valence-corrected chi connectivity index (χ3v) is 5.86. The molecule has 1 amide bonds. The third-order valence-electron chi connectivity index (χ3n) is 3.71. The maximum atomic E-state index is 12.1.